The predicted molar refractivity (Wildman–Crippen MR) is 96.1 cm³/mol. The van der Waals surface area contributed by atoms with Crippen molar-refractivity contribution >= 4 is 45.7 Å². The highest BCUT2D eigenvalue weighted by Gasteiger charge is 2.19. The number of anilines is 1. The van der Waals surface area contributed by atoms with Crippen LogP contribution in [0.25, 0.3) is 10.9 Å². The Balaban J connectivity index is 2.11. The van der Waals surface area contributed by atoms with E-state index in [0.717, 1.165) is 6.07 Å². The van der Waals surface area contributed by atoms with E-state index in [9.17, 15) is 14.0 Å². The van der Waals surface area contributed by atoms with E-state index in [0.29, 0.717) is 12.1 Å². The van der Waals surface area contributed by atoms with Crippen molar-refractivity contribution in [2.24, 2.45) is 0 Å². The number of amides is 1. The Hall–Kier alpha value is -2.44. The van der Waals surface area contributed by atoms with E-state index in [-0.39, 0.29) is 26.8 Å². The third-order valence-electron chi connectivity index (χ3n) is 3.63. The smallest absolute Gasteiger partial charge is 0.280 e. The lowest BCUT2D eigenvalue weighted by Crippen LogP contribution is -2.27. The van der Waals surface area contributed by atoms with Gasteiger partial charge in [-0.15, -0.1) is 0 Å². The zero-order chi connectivity index (χ0) is 18.1. The number of aromatic nitrogens is 2. The van der Waals surface area contributed by atoms with Gasteiger partial charge in [0, 0.05) is 6.54 Å². The van der Waals surface area contributed by atoms with Gasteiger partial charge in [0.2, 0.25) is 5.43 Å². The van der Waals surface area contributed by atoms with Crippen LogP contribution in [-0.4, -0.2) is 15.7 Å². The molecule has 0 atom stereocenters. The second kappa shape index (κ2) is 6.82. The second-order valence-corrected chi connectivity index (χ2v) is 6.00. The molecule has 0 saturated heterocycles. The van der Waals surface area contributed by atoms with Crippen molar-refractivity contribution < 1.29 is 9.18 Å². The van der Waals surface area contributed by atoms with Gasteiger partial charge in [-0.25, -0.2) is 4.39 Å². The summed E-state index contributed by atoms with van der Waals surface area (Å²) in [7, 11) is 0. The van der Waals surface area contributed by atoms with Crippen molar-refractivity contribution in [1.29, 1.82) is 0 Å². The highest BCUT2D eigenvalue weighted by Crippen LogP contribution is 2.29. The Morgan fingerprint density at radius 3 is 2.76 bits per heavy atom. The van der Waals surface area contributed by atoms with E-state index >= 15 is 0 Å². The standard InChI is InChI=1S/C17H12Cl2FN3O2/c1-2-23-13-7-6-9(20)8-10(13)16(24)15(22-23)17(25)21-12-5-3-4-11(18)14(12)19/h3-8H,2H2,1H3,(H,21,25). The van der Waals surface area contributed by atoms with E-state index in [1.807, 2.05) is 0 Å². The number of rotatable bonds is 3. The van der Waals surface area contributed by atoms with Crippen molar-refractivity contribution in [2.45, 2.75) is 13.5 Å². The molecule has 0 unspecified atom stereocenters. The Morgan fingerprint density at radius 2 is 2.04 bits per heavy atom. The SMILES string of the molecule is CCn1nc(C(=O)Nc2cccc(Cl)c2Cl)c(=O)c2cc(F)ccc21. The first-order valence-corrected chi connectivity index (χ1v) is 8.13. The summed E-state index contributed by atoms with van der Waals surface area (Å²) in [6.45, 7) is 2.20. The Kier molecular flexibility index (Phi) is 4.74. The molecule has 1 N–H and O–H groups in total. The number of halogens is 3. The summed E-state index contributed by atoms with van der Waals surface area (Å²) in [5.41, 5.74) is -0.306. The van der Waals surface area contributed by atoms with Gasteiger partial charge < -0.3 is 5.32 Å². The topological polar surface area (TPSA) is 64.0 Å². The fourth-order valence-corrected chi connectivity index (χ4v) is 2.78. The molecule has 3 aromatic rings. The van der Waals surface area contributed by atoms with Crippen LogP contribution in [0.1, 0.15) is 17.4 Å². The van der Waals surface area contributed by atoms with Crippen molar-refractivity contribution in [1.82, 2.24) is 9.78 Å². The van der Waals surface area contributed by atoms with Gasteiger partial charge in [-0.2, -0.15) is 5.10 Å². The summed E-state index contributed by atoms with van der Waals surface area (Å²) in [6.07, 6.45) is 0. The summed E-state index contributed by atoms with van der Waals surface area (Å²) < 4.78 is 15.0. The highest BCUT2D eigenvalue weighted by molar-refractivity contribution is 6.44. The van der Waals surface area contributed by atoms with Gasteiger partial charge >= 0.3 is 0 Å². The number of carbonyl (C=O) groups is 1. The number of carbonyl (C=O) groups excluding carboxylic acids is 1. The predicted octanol–water partition coefficient (Wildman–Crippen LogP) is 4.11. The fraction of sp³-hybridized carbons (Fsp3) is 0.118. The third kappa shape index (κ3) is 3.23. The molecule has 128 valence electrons. The van der Waals surface area contributed by atoms with E-state index in [4.69, 9.17) is 23.2 Å². The van der Waals surface area contributed by atoms with Gasteiger partial charge in [-0.1, -0.05) is 29.3 Å². The molecule has 0 radical (unpaired) electrons. The molecule has 0 aliphatic carbocycles. The average Bonchev–Trinajstić information content (AvgIpc) is 2.59. The van der Waals surface area contributed by atoms with Gasteiger partial charge in [0.05, 0.1) is 26.6 Å². The van der Waals surface area contributed by atoms with Crippen molar-refractivity contribution in [3.8, 4) is 0 Å². The van der Waals surface area contributed by atoms with E-state index in [1.54, 1.807) is 25.1 Å². The molecule has 5 nitrogen and oxygen atoms in total. The molecule has 3 rings (SSSR count). The molecule has 0 spiro atoms. The van der Waals surface area contributed by atoms with Crippen LogP contribution in [-0.2, 0) is 6.54 Å². The van der Waals surface area contributed by atoms with Gasteiger partial charge in [0.15, 0.2) is 5.69 Å². The van der Waals surface area contributed by atoms with Crippen LogP contribution in [0.3, 0.4) is 0 Å². The number of nitrogens with one attached hydrogen (secondary N) is 1. The lowest BCUT2D eigenvalue weighted by atomic mass is 10.2. The highest BCUT2D eigenvalue weighted by atomic mass is 35.5. The lowest BCUT2D eigenvalue weighted by Gasteiger charge is -2.11. The van der Waals surface area contributed by atoms with Gasteiger partial charge in [-0.05, 0) is 37.3 Å². The van der Waals surface area contributed by atoms with Crippen LogP contribution in [0.5, 0.6) is 0 Å². The number of fused-ring (bicyclic) bond motifs is 1. The maximum absolute atomic E-state index is 13.5. The molecule has 8 heteroatoms. The van der Waals surface area contributed by atoms with E-state index in [1.165, 1.54) is 16.8 Å². The number of hydrogen-bond acceptors (Lipinski definition) is 3. The monoisotopic (exact) mass is 379 g/mol. The quantitative estimate of drug-likeness (QED) is 0.744. The van der Waals surface area contributed by atoms with Crippen molar-refractivity contribution in [2.75, 3.05) is 5.32 Å². The first kappa shape index (κ1) is 17.4. The Labute approximate surface area is 152 Å². The molecule has 1 aromatic heterocycles. The minimum Gasteiger partial charge on any atom is -0.319 e. The fourth-order valence-electron chi connectivity index (χ4n) is 2.43. The summed E-state index contributed by atoms with van der Waals surface area (Å²) in [6, 6.07) is 8.51. The minimum atomic E-state index is -0.748. The molecule has 0 aliphatic heterocycles. The van der Waals surface area contributed by atoms with E-state index < -0.39 is 17.2 Å². The van der Waals surface area contributed by atoms with Crippen LogP contribution >= 0.6 is 23.2 Å². The summed E-state index contributed by atoms with van der Waals surface area (Å²) in [4.78, 5) is 25.1. The van der Waals surface area contributed by atoms with Gasteiger partial charge in [-0.3, -0.25) is 14.3 Å². The largest absolute Gasteiger partial charge is 0.319 e. The maximum atomic E-state index is 13.5. The Morgan fingerprint density at radius 1 is 1.28 bits per heavy atom. The summed E-state index contributed by atoms with van der Waals surface area (Å²) in [5, 5.41) is 7.10. The van der Waals surface area contributed by atoms with Crippen LogP contribution in [0.2, 0.25) is 10.0 Å². The summed E-state index contributed by atoms with van der Waals surface area (Å²) in [5.74, 6) is -1.31. The van der Waals surface area contributed by atoms with Gasteiger partial charge in [0.1, 0.15) is 5.82 Å². The molecule has 0 bridgehead atoms. The van der Waals surface area contributed by atoms with Crippen LogP contribution in [0.15, 0.2) is 41.2 Å². The minimum absolute atomic E-state index is 0.0826. The molecular formula is C17H12Cl2FN3O2. The number of benzene rings is 2. The molecule has 0 fully saturated rings. The second-order valence-electron chi connectivity index (χ2n) is 5.21. The number of aryl methyl sites for hydroxylation is 1. The molecular weight excluding hydrogens is 368 g/mol. The molecule has 0 saturated carbocycles. The van der Waals surface area contributed by atoms with Gasteiger partial charge in [0.25, 0.3) is 5.91 Å². The molecule has 1 heterocycles. The lowest BCUT2D eigenvalue weighted by molar-refractivity contribution is 0.101. The third-order valence-corrected chi connectivity index (χ3v) is 4.45. The first-order chi connectivity index (χ1) is 11.9. The number of nitrogens with zero attached hydrogens (tertiary/aromatic N) is 2. The zero-order valence-electron chi connectivity index (χ0n) is 13.0. The maximum Gasteiger partial charge on any atom is 0.280 e. The average molecular weight is 380 g/mol. The van der Waals surface area contributed by atoms with Crippen LogP contribution < -0.4 is 10.7 Å². The first-order valence-electron chi connectivity index (χ1n) is 7.38. The van der Waals surface area contributed by atoms with Crippen molar-refractivity contribution in [3.63, 3.8) is 0 Å². The zero-order valence-corrected chi connectivity index (χ0v) is 14.5. The normalized spacial score (nSPS) is 10.9. The molecule has 2 aromatic carbocycles. The Bertz CT molecular complexity index is 1050. The van der Waals surface area contributed by atoms with Crippen LogP contribution in [0, 0.1) is 5.82 Å². The summed E-state index contributed by atoms with van der Waals surface area (Å²) >= 11 is 12.0. The van der Waals surface area contributed by atoms with Crippen molar-refractivity contribution in [3.05, 3.63) is 68.2 Å². The molecule has 0 aliphatic rings. The number of hydrogen-bond donors (Lipinski definition) is 1. The van der Waals surface area contributed by atoms with Crippen LogP contribution in [0.4, 0.5) is 10.1 Å². The molecule has 25 heavy (non-hydrogen) atoms. The molecule has 1 amide bonds. The van der Waals surface area contributed by atoms with E-state index in [2.05, 4.69) is 10.4 Å².